The van der Waals surface area contributed by atoms with E-state index in [9.17, 15) is 17.8 Å². The van der Waals surface area contributed by atoms with E-state index < -0.39 is 16.5 Å². The van der Waals surface area contributed by atoms with Crippen molar-refractivity contribution in [2.45, 2.75) is 84.7 Å². The number of Topliss-reactive ketones (excluding diaryl/α,β-unsaturated/α-hetero) is 1. The molecule has 0 radical (unpaired) electrons. The van der Waals surface area contributed by atoms with Crippen molar-refractivity contribution in [3.63, 3.8) is 0 Å². The molecule has 6 heteroatoms. The number of carbonyl (C=O) groups is 1. The molecule has 5 nitrogen and oxygen atoms in total. The molecule has 0 heterocycles. The molecule has 0 spiro atoms. The van der Waals surface area contributed by atoms with Crippen LogP contribution in [-0.4, -0.2) is 24.9 Å². The highest BCUT2D eigenvalue weighted by Crippen LogP contribution is 2.67. The third kappa shape index (κ3) is 3.01. The van der Waals surface area contributed by atoms with E-state index in [0.717, 1.165) is 44.9 Å². The topological polar surface area (TPSA) is 80.7 Å². The maximum absolute atomic E-state index is 12.3. The van der Waals surface area contributed by atoms with Crippen molar-refractivity contribution >= 4 is 16.2 Å². The molecule has 4 fully saturated rings. The molecule has 4 aliphatic carbocycles. The summed E-state index contributed by atoms with van der Waals surface area (Å²) < 4.78 is 37.7. The summed E-state index contributed by atoms with van der Waals surface area (Å²) in [5.41, 5.74) is -0.100. The minimum absolute atomic E-state index is 0.101. The second-order valence-electron chi connectivity index (χ2n) is 10.2. The van der Waals surface area contributed by atoms with Gasteiger partial charge in [-0.3, -0.25) is 9.35 Å². The van der Waals surface area contributed by atoms with Crippen molar-refractivity contribution in [1.29, 1.82) is 0 Å². The molecule has 0 amide bonds. The Morgan fingerprint density at radius 2 is 1.74 bits per heavy atom. The first kappa shape index (κ1) is 19.8. The van der Waals surface area contributed by atoms with Crippen molar-refractivity contribution in [3.8, 4) is 0 Å². The van der Waals surface area contributed by atoms with Crippen LogP contribution in [0.5, 0.6) is 0 Å². The number of hydrogen-bond acceptors (Lipinski definition) is 4. The van der Waals surface area contributed by atoms with Crippen LogP contribution in [0.25, 0.3) is 0 Å². The zero-order valence-electron chi connectivity index (χ0n) is 16.8. The molecule has 8 atom stereocenters. The van der Waals surface area contributed by atoms with Crippen molar-refractivity contribution in [3.05, 3.63) is 0 Å². The molecule has 1 unspecified atom stereocenters. The lowest BCUT2D eigenvalue weighted by Gasteiger charge is -2.62. The van der Waals surface area contributed by atoms with E-state index in [0.29, 0.717) is 35.9 Å². The smallest absolute Gasteiger partial charge is 0.300 e. The summed E-state index contributed by atoms with van der Waals surface area (Å²) in [7, 11) is -4.44. The van der Waals surface area contributed by atoms with Crippen LogP contribution in [0.4, 0.5) is 0 Å². The fraction of sp³-hybridized carbons (Fsp3) is 0.952. The van der Waals surface area contributed by atoms with Crippen LogP contribution in [-0.2, 0) is 19.4 Å². The zero-order valence-corrected chi connectivity index (χ0v) is 17.6. The van der Waals surface area contributed by atoms with Crippen LogP contribution in [0.2, 0.25) is 0 Å². The number of rotatable bonds is 3. The summed E-state index contributed by atoms with van der Waals surface area (Å²) in [6, 6.07) is 0. The Kier molecular flexibility index (Phi) is 4.80. The Hall–Kier alpha value is -0.460. The van der Waals surface area contributed by atoms with Crippen molar-refractivity contribution in [2.24, 2.45) is 40.4 Å². The van der Waals surface area contributed by atoms with Gasteiger partial charge in [-0.2, -0.15) is 8.42 Å². The normalized spacial score (nSPS) is 49.8. The summed E-state index contributed by atoms with van der Waals surface area (Å²) in [4.78, 5) is 12.3. The van der Waals surface area contributed by atoms with Gasteiger partial charge in [0.1, 0.15) is 5.78 Å². The molecule has 0 saturated heterocycles. The van der Waals surface area contributed by atoms with E-state index in [-0.39, 0.29) is 16.7 Å². The number of carbonyl (C=O) groups excluding carboxylic acids is 1. The fourth-order valence-electron chi connectivity index (χ4n) is 8.25. The first-order valence-electron chi connectivity index (χ1n) is 10.7. The van der Waals surface area contributed by atoms with Gasteiger partial charge in [-0.25, -0.2) is 4.18 Å². The second kappa shape index (κ2) is 6.53. The van der Waals surface area contributed by atoms with Gasteiger partial charge in [-0.05, 0) is 87.4 Å². The summed E-state index contributed by atoms with van der Waals surface area (Å²) in [5, 5.41) is 0. The van der Waals surface area contributed by atoms with Crippen molar-refractivity contribution < 1.29 is 21.9 Å². The van der Waals surface area contributed by atoms with Crippen LogP contribution in [0, 0.1) is 40.4 Å². The highest BCUT2D eigenvalue weighted by Gasteiger charge is 2.62. The molecule has 4 saturated carbocycles. The lowest BCUT2D eigenvalue weighted by Crippen LogP contribution is -2.58. The number of fused-ring (bicyclic) bond motifs is 5. The van der Waals surface area contributed by atoms with Gasteiger partial charge in [0.2, 0.25) is 0 Å². The molecule has 0 aromatic rings. The standard InChI is InChI=1S/C21H34O5S/c1-13(22)16-9-10-17-15-8-7-14-5-4-6-19(26-27(23,24)25)21(14,3)18(15)11-12-20(16,17)2/h14-19H,4-12H2,1-3H3,(H,23,24,25)/t14-,15+,16-,17+,18+,19?,20-,21+/m1/s1. The predicted octanol–water partition coefficient (Wildman–Crippen LogP) is 4.42. The summed E-state index contributed by atoms with van der Waals surface area (Å²) in [5.74, 6) is 2.51. The summed E-state index contributed by atoms with van der Waals surface area (Å²) in [6.07, 6.45) is 8.88. The van der Waals surface area contributed by atoms with Gasteiger partial charge in [0.25, 0.3) is 0 Å². The van der Waals surface area contributed by atoms with Gasteiger partial charge in [-0.15, -0.1) is 0 Å². The third-order valence-electron chi connectivity index (χ3n) is 9.41. The van der Waals surface area contributed by atoms with Gasteiger partial charge in [0.15, 0.2) is 0 Å². The second-order valence-corrected chi connectivity index (χ2v) is 11.3. The van der Waals surface area contributed by atoms with Crippen molar-refractivity contribution in [1.82, 2.24) is 0 Å². The van der Waals surface area contributed by atoms with E-state index in [1.54, 1.807) is 6.92 Å². The van der Waals surface area contributed by atoms with Gasteiger partial charge < -0.3 is 0 Å². The molecule has 27 heavy (non-hydrogen) atoms. The highest BCUT2D eigenvalue weighted by molar-refractivity contribution is 7.80. The van der Waals surface area contributed by atoms with Gasteiger partial charge in [0, 0.05) is 11.3 Å². The first-order valence-corrected chi connectivity index (χ1v) is 12.1. The van der Waals surface area contributed by atoms with E-state index in [4.69, 9.17) is 4.18 Å². The van der Waals surface area contributed by atoms with Crippen LogP contribution in [0.15, 0.2) is 0 Å². The average Bonchev–Trinajstić information content (AvgIpc) is 2.92. The van der Waals surface area contributed by atoms with Crippen LogP contribution in [0.1, 0.15) is 78.6 Å². The highest BCUT2D eigenvalue weighted by atomic mass is 32.3. The van der Waals surface area contributed by atoms with E-state index in [2.05, 4.69) is 13.8 Å². The molecular formula is C21H34O5S. The molecular weight excluding hydrogens is 364 g/mol. The Labute approximate surface area is 163 Å². The monoisotopic (exact) mass is 398 g/mol. The average molecular weight is 399 g/mol. The maximum atomic E-state index is 12.3. The Morgan fingerprint density at radius 1 is 1.00 bits per heavy atom. The molecule has 154 valence electrons. The van der Waals surface area contributed by atoms with Crippen LogP contribution in [0.3, 0.4) is 0 Å². The van der Waals surface area contributed by atoms with E-state index in [1.165, 1.54) is 6.42 Å². The van der Waals surface area contributed by atoms with Gasteiger partial charge >= 0.3 is 10.4 Å². The molecule has 1 N–H and O–H groups in total. The molecule has 0 bridgehead atoms. The largest absolute Gasteiger partial charge is 0.397 e. The molecule has 0 aromatic carbocycles. The number of hydrogen-bond donors (Lipinski definition) is 1. The fourth-order valence-corrected chi connectivity index (χ4v) is 8.85. The molecule has 0 aliphatic heterocycles. The quantitative estimate of drug-likeness (QED) is 0.712. The summed E-state index contributed by atoms with van der Waals surface area (Å²) >= 11 is 0. The van der Waals surface area contributed by atoms with Gasteiger partial charge in [0.05, 0.1) is 6.10 Å². The first-order chi connectivity index (χ1) is 12.6. The molecule has 4 rings (SSSR count). The van der Waals surface area contributed by atoms with E-state index in [1.807, 2.05) is 0 Å². The predicted molar refractivity (Wildman–Crippen MR) is 102 cm³/mol. The third-order valence-corrected chi connectivity index (χ3v) is 9.88. The summed E-state index contributed by atoms with van der Waals surface area (Å²) in [6.45, 7) is 6.30. The lowest BCUT2D eigenvalue weighted by atomic mass is 9.44. The zero-order chi connectivity index (χ0) is 19.6. The minimum atomic E-state index is -4.44. The maximum Gasteiger partial charge on any atom is 0.397 e. The Balaban J connectivity index is 1.66. The van der Waals surface area contributed by atoms with Crippen LogP contribution < -0.4 is 0 Å². The SMILES string of the molecule is CC(=O)[C@H]1CC[C@H]2[C@@H]3CC[C@H]4CCCC(OS(=O)(=O)O)[C@]4(C)[C@H]3CC[C@]12C. The lowest BCUT2D eigenvalue weighted by molar-refractivity contribution is -0.158. The Bertz CT molecular complexity index is 718. The minimum Gasteiger partial charge on any atom is -0.300 e. The molecule has 0 aromatic heterocycles. The number of ketones is 1. The van der Waals surface area contributed by atoms with E-state index >= 15 is 0 Å². The van der Waals surface area contributed by atoms with Crippen molar-refractivity contribution in [2.75, 3.05) is 0 Å². The molecule has 4 aliphatic rings. The van der Waals surface area contributed by atoms with Gasteiger partial charge in [-0.1, -0.05) is 20.3 Å². The Morgan fingerprint density at radius 3 is 2.41 bits per heavy atom. The van der Waals surface area contributed by atoms with Crippen LogP contribution >= 0.6 is 0 Å².